The molecule has 1 N–H and O–H groups in total. The van der Waals surface area contributed by atoms with Crippen molar-refractivity contribution in [1.29, 1.82) is 0 Å². The third-order valence-corrected chi connectivity index (χ3v) is 9.43. The van der Waals surface area contributed by atoms with Crippen LogP contribution in [0.25, 0.3) is 0 Å². The number of imide groups is 1. The highest BCUT2D eigenvalue weighted by molar-refractivity contribution is 6.08. The van der Waals surface area contributed by atoms with Crippen molar-refractivity contribution in [3.05, 3.63) is 95.1 Å². The summed E-state index contributed by atoms with van der Waals surface area (Å²) in [6, 6.07) is 9.71. The molecule has 2 aliphatic carbocycles. The zero-order valence-electron chi connectivity index (χ0n) is 24.5. The standard InChI is InChI=1S/C33H34F3N5O3/c1-18-8-13-24-30(33(44)40(32(24)43)16-20-6-4-3-5-7-20)28(18)31(42)37-23-11-9-21(10-12-23)27-17-41(39-38-27)19(2)29-25(35)14-22(34)15-26(29)36/h3-8,13-15,17-19,21,23-24,28,30H,9-12,16H2,1-2H3,(H,37,42)/t18?,19-,21?,23?,24?,28?,30?/m0/s1. The van der Waals surface area contributed by atoms with Crippen LogP contribution in [0.1, 0.15) is 68.3 Å². The van der Waals surface area contributed by atoms with E-state index in [1.165, 1.54) is 9.58 Å². The lowest BCUT2D eigenvalue weighted by Crippen LogP contribution is -2.48. The van der Waals surface area contributed by atoms with Gasteiger partial charge >= 0.3 is 0 Å². The van der Waals surface area contributed by atoms with Crippen molar-refractivity contribution < 1.29 is 27.6 Å². The topological polar surface area (TPSA) is 97.2 Å². The SMILES string of the molecule is CC1C=CC2C(=O)N(Cc3ccccc3)C(=O)C2C1C(=O)NC1CCC(c2cn([C@@H](C)c3c(F)cc(F)cc3F)nn2)CC1. The summed E-state index contributed by atoms with van der Waals surface area (Å²) in [6.45, 7) is 3.66. The predicted molar refractivity (Wildman–Crippen MR) is 154 cm³/mol. The number of allylic oxidation sites excluding steroid dienone is 1. The quantitative estimate of drug-likeness (QED) is 0.300. The number of aromatic nitrogens is 3. The van der Waals surface area contributed by atoms with Gasteiger partial charge in [-0.1, -0.05) is 54.6 Å². The van der Waals surface area contributed by atoms with E-state index in [0.717, 1.165) is 5.56 Å². The summed E-state index contributed by atoms with van der Waals surface area (Å²) >= 11 is 0. The Labute approximate surface area is 253 Å². The number of nitrogens with one attached hydrogen (secondary N) is 1. The van der Waals surface area contributed by atoms with Crippen molar-refractivity contribution in [2.24, 2.45) is 23.7 Å². The summed E-state index contributed by atoms with van der Waals surface area (Å²) in [4.78, 5) is 41.7. The van der Waals surface area contributed by atoms with E-state index in [9.17, 15) is 27.6 Å². The Kier molecular flexibility index (Phi) is 8.13. The van der Waals surface area contributed by atoms with Crippen LogP contribution in [0, 0.1) is 41.1 Å². The number of hydrogen-bond donors (Lipinski definition) is 1. The lowest BCUT2D eigenvalue weighted by Gasteiger charge is -2.34. The first-order valence-corrected chi connectivity index (χ1v) is 15.1. The molecule has 3 amide bonds. The molecule has 2 aromatic carbocycles. The molecule has 0 bridgehead atoms. The normalized spacial score (nSPS) is 27.3. The maximum Gasteiger partial charge on any atom is 0.237 e. The molecule has 44 heavy (non-hydrogen) atoms. The second-order valence-electron chi connectivity index (χ2n) is 12.2. The van der Waals surface area contributed by atoms with Crippen LogP contribution in [0.3, 0.4) is 0 Å². The maximum atomic E-state index is 14.3. The second-order valence-corrected chi connectivity index (χ2v) is 12.2. The van der Waals surface area contributed by atoms with Gasteiger partial charge in [-0.3, -0.25) is 19.3 Å². The number of hydrogen-bond acceptors (Lipinski definition) is 5. The monoisotopic (exact) mass is 605 g/mol. The fourth-order valence-corrected chi connectivity index (χ4v) is 7.00. The van der Waals surface area contributed by atoms with Gasteiger partial charge in [0.15, 0.2) is 0 Å². The molecule has 11 heteroatoms. The fourth-order valence-electron chi connectivity index (χ4n) is 7.00. The number of rotatable bonds is 7. The van der Waals surface area contributed by atoms with Crippen molar-refractivity contribution in [1.82, 2.24) is 25.2 Å². The molecule has 2 heterocycles. The first-order valence-electron chi connectivity index (χ1n) is 15.1. The minimum Gasteiger partial charge on any atom is -0.353 e. The van der Waals surface area contributed by atoms with E-state index < -0.39 is 41.2 Å². The smallest absolute Gasteiger partial charge is 0.237 e. The van der Waals surface area contributed by atoms with Crippen LogP contribution in [0.15, 0.2) is 60.8 Å². The highest BCUT2D eigenvalue weighted by Gasteiger charge is 2.54. The second kappa shape index (κ2) is 12.0. The molecule has 230 valence electrons. The predicted octanol–water partition coefficient (Wildman–Crippen LogP) is 5.07. The van der Waals surface area contributed by atoms with Gasteiger partial charge in [0.25, 0.3) is 0 Å². The number of fused-ring (bicyclic) bond motifs is 1. The van der Waals surface area contributed by atoms with Gasteiger partial charge in [0, 0.05) is 35.9 Å². The third kappa shape index (κ3) is 5.55. The fraction of sp³-hybridized carbons (Fsp3) is 0.424. The van der Waals surface area contributed by atoms with Crippen molar-refractivity contribution >= 4 is 17.7 Å². The molecule has 4 unspecified atom stereocenters. The highest BCUT2D eigenvalue weighted by Crippen LogP contribution is 2.42. The summed E-state index contributed by atoms with van der Waals surface area (Å²) in [7, 11) is 0. The number of carbonyl (C=O) groups excluding carboxylic acids is 3. The van der Waals surface area contributed by atoms with Crippen LogP contribution < -0.4 is 5.32 Å². The average molecular weight is 606 g/mol. The van der Waals surface area contributed by atoms with Gasteiger partial charge < -0.3 is 5.32 Å². The zero-order chi connectivity index (χ0) is 31.1. The average Bonchev–Trinajstić information content (AvgIpc) is 3.57. The van der Waals surface area contributed by atoms with Gasteiger partial charge in [-0.15, -0.1) is 5.10 Å². The third-order valence-electron chi connectivity index (χ3n) is 9.43. The van der Waals surface area contributed by atoms with Crippen LogP contribution in [-0.4, -0.2) is 43.7 Å². The van der Waals surface area contributed by atoms with Gasteiger partial charge in [0.2, 0.25) is 17.7 Å². The number of nitrogens with zero attached hydrogens (tertiary/aromatic N) is 4. The van der Waals surface area contributed by atoms with Crippen molar-refractivity contribution in [3.8, 4) is 0 Å². The van der Waals surface area contributed by atoms with Gasteiger partial charge in [-0.2, -0.15) is 0 Å². The van der Waals surface area contributed by atoms with E-state index in [-0.39, 0.29) is 47.7 Å². The Bertz CT molecular complexity index is 1580. The Morgan fingerprint density at radius 2 is 1.68 bits per heavy atom. The molecule has 8 nitrogen and oxygen atoms in total. The summed E-state index contributed by atoms with van der Waals surface area (Å²) in [5.74, 6) is -5.90. The Morgan fingerprint density at radius 3 is 2.36 bits per heavy atom. The van der Waals surface area contributed by atoms with Gasteiger partial charge in [-0.25, -0.2) is 17.9 Å². The molecular weight excluding hydrogens is 571 g/mol. The maximum absolute atomic E-state index is 14.3. The van der Waals surface area contributed by atoms with E-state index in [2.05, 4.69) is 15.6 Å². The molecule has 0 radical (unpaired) electrons. The number of halogens is 3. The molecule has 1 saturated heterocycles. The molecular formula is C33H34F3N5O3. The van der Waals surface area contributed by atoms with E-state index in [1.54, 1.807) is 19.2 Å². The van der Waals surface area contributed by atoms with Crippen LogP contribution in [0.2, 0.25) is 0 Å². The number of benzene rings is 2. The molecule has 1 aromatic heterocycles. The number of likely N-dealkylation sites (tertiary alicyclic amines) is 1. The summed E-state index contributed by atoms with van der Waals surface area (Å²) in [5, 5.41) is 11.5. The van der Waals surface area contributed by atoms with Gasteiger partial charge in [-0.05, 0) is 44.1 Å². The lowest BCUT2D eigenvalue weighted by atomic mass is 9.71. The van der Waals surface area contributed by atoms with E-state index >= 15 is 0 Å². The Morgan fingerprint density at radius 1 is 1.00 bits per heavy atom. The largest absolute Gasteiger partial charge is 0.353 e. The summed E-state index contributed by atoms with van der Waals surface area (Å²) in [6.07, 6.45) is 8.10. The first-order chi connectivity index (χ1) is 21.1. The molecule has 5 atom stereocenters. The van der Waals surface area contributed by atoms with Gasteiger partial charge in [0.05, 0.1) is 36.0 Å². The summed E-state index contributed by atoms with van der Waals surface area (Å²) < 4.78 is 43.4. The van der Waals surface area contributed by atoms with Crippen molar-refractivity contribution in [2.45, 2.75) is 64.1 Å². The minimum absolute atomic E-state index is 0.0495. The number of carbonyl (C=O) groups is 3. The molecule has 3 aromatic rings. The first kappa shape index (κ1) is 29.8. The van der Waals surface area contributed by atoms with Crippen molar-refractivity contribution in [2.75, 3.05) is 0 Å². The lowest BCUT2D eigenvalue weighted by molar-refractivity contribution is -0.143. The van der Waals surface area contributed by atoms with E-state index in [0.29, 0.717) is 43.5 Å². The van der Waals surface area contributed by atoms with Gasteiger partial charge in [0.1, 0.15) is 17.5 Å². The van der Waals surface area contributed by atoms with Crippen molar-refractivity contribution in [3.63, 3.8) is 0 Å². The minimum atomic E-state index is -0.985. The zero-order valence-corrected chi connectivity index (χ0v) is 24.5. The molecule has 2 fully saturated rings. The molecule has 1 saturated carbocycles. The van der Waals surface area contributed by atoms with Crippen LogP contribution >= 0.6 is 0 Å². The molecule has 1 aliphatic heterocycles. The van der Waals surface area contributed by atoms with Crippen LogP contribution in [-0.2, 0) is 20.9 Å². The Balaban J connectivity index is 1.08. The highest BCUT2D eigenvalue weighted by atomic mass is 19.1. The molecule has 6 rings (SSSR count). The van der Waals surface area contributed by atoms with E-state index in [4.69, 9.17) is 0 Å². The van der Waals surface area contributed by atoms with Crippen LogP contribution in [0.5, 0.6) is 0 Å². The number of amides is 3. The van der Waals surface area contributed by atoms with Crippen LogP contribution in [0.4, 0.5) is 13.2 Å². The Hall–Kier alpha value is -4.28. The molecule has 0 spiro atoms. The summed E-state index contributed by atoms with van der Waals surface area (Å²) in [5.41, 5.74) is 1.26. The van der Waals surface area contributed by atoms with E-state index in [1.807, 2.05) is 43.3 Å². The molecule has 3 aliphatic rings.